The van der Waals surface area contributed by atoms with Crippen LogP contribution in [0.25, 0.3) is 10.8 Å². The van der Waals surface area contributed by atoms with Gasteiger partial charge in [0.05, 0.1) is 0 Å². The van der Waals surface area contributed by atoms with Gasteiger partial charge < -0.3 is 16.2 Å². The van der Waals surface area contributed by atoms with Crippen LogP contribution in [0.4, 0.5) is 11.4 Å². The molecule has 0 aliphatic heterocycles. The molecule has 8 heteroatoms. The molecular formula is C17H14N2O5S. The third-order valence-corrected chi connectivity index (χ3v) is 4.51. The molecule has 0 saturated heterocycles. The van der Waals surface area contributed by atoms with Crippen molar-refractivity contribution in [3.8, 4) is 5.75 Å². The van der Waals surface area contributed by atoms with Gasteiger partial charge in [0.1, 0.15) is 10.6 Å². The first-order chi connectivity index (χ1) is 11.8. The van der Waals surface area contributed by atoms with Crippen molar-refractivity contribution in [2.24, 2.45) is 0 Å². The Morgan fingerprint density at radius 3 is 2.40 bits per heavy atom. The second-order valence-corrected chi connectivity index (χ2v) is 6.79. The molecule has 0 aliphatic carbocycles. The zero-order chi connectivity index (χ0) is 18.2. The summed E-state index contributed by atoms with van der Waals surface area (Å²) in [5.41, 5.74) is 6.70. The second-order valence-electron chi connectivity index (χ2n) is 5.40. The zero-order valence-electron chi connectivity index (χ0n) is 12.8. The van der Waals surface area contributed by atoms with Crippen molar-refractivity contribution in [2.75, 3.05) is 11.1 Å². The zero-order valence-corrected chi connectivity index (χ0v) is 13.6. The summed E-state index contributed by atoms with van der Waals surface area (Å²) in [7, 11) is -4.54. The van der Waals surface area contributed by atoms with Crippen molar-refractivity contribution < 1.29 is 22.9 Å². The Balaban J connectivity index is 2.12. The van der Waals surface area contributed by atoms with Crippen molar-refractivity contribution in [3.63, 3.8) is 0 Å². The third kappa shape index (κ3) is 3.39. The molecule has 3 aromatic rings. The summed E-state index contributed by atoms with van der Waals surface area (Å²) in [5, 5.41) is 12.9. The molecule has 0 spiro atoms. The van der Waals surface area contributed by atoms with Crippen LogP contribution in [0.2, 0.25) is 0 Å². The number of rotatable bonds is 3. The topological polar surface area (TPSA) is 130 Å². The van der Waals surface area contributed by atoms with Gasteiger partial charge in [-0.1, -0.05) is 18.2 Å². The van der Waals surface area contributed by atoms with Gasteiger partial charge in [0.25, 0.3) is 16.0 Å². The standard InChI is InChI=1S/C17H14N2O5S/c18-11-4-1-3-10(7-11)17(21)19-15-6-2-5-13-14(15)8-12(20)9-16(13)25(22,23)24/h1-9,20H,18H2,(H,19,21)(H,22,23,24). The molecule has 5 N–H and O–H groups in total. The van der Waals surface area contributed by atoms with E-state index >= 15 is 0 Å². The van der Waals surface area contributed by atoms with Gasteiger partial charge in [-0.25, -0.2) is 0 Å². The molecule has 0 heterocycles. The molecule has 1 amide bonds. The molecule has 0 bridgehead atoms. The van der Waals surface area contributed by atoms with Gasteiger partial charge in [-0.3, -0.25) is 9.35 Å². The number of anilines is 2. The molecule has 0 fully saturated rings. The van der Waals surface area contributed by atoms with Crippen LogP contribution in [0.3, 0.4) is 0 Å². The van der Waals surface area contributed by atoms with E-state index in [1.807, 2.05) is 0 Å². The number of benzene rings is 3. The molecular weight excluding hydrogens is 344 g/mol. The first-order valence-corrected chi connectivity index (χ1v) is 8.60. The number of nitrogens with two attached hydrogens (primary N) is 1. The normalized spacial score (nSPS) is 11.4. The Labute approximate surface area is 143 Å². The number of nitrogen functional groups attached to an aromatic ring is 1. The highest BCUT2D eigenvalue weighted by Gasteiger charge is 2.18. The second kappa shape index (κ2) is 6.08. The summed E-state index contributed by atoms with van der Waals surface area (Å²) in [5.74, 6) is -0.803. The predicted molar refractivity (Wildman–Crippen MR) is 94.2 cm³/mol. The average molecular weight is 358 g/mol. The van der Waals surface area contributed by atoms with Gasteiger partial charge in [0, 0.05) is 33.8 Å². The molecule has 0 saturated carbocycles. The van der Waals surface area contributed by atoms with Gasteiger partial charge in [0.15, 0.2) is 0 Å². The number of aromatic hydroxyl groups is 1. The number of carbonyl (C=O) groups is 1. The van der Waals surface area contributed by atoms with Crippen LogP contribution >= 0.6 is 0 Å². The molecule has 128 valence electrons. The van der Waals surface area contributed by atoms with Crippen LogP contribution in [-0.4, -0.2) is 24.0 Å². The number of phenolic OH excluding ortho intramolecular Hbond substituents is 1. The van der Waals surface area contributed by atoms with Crippen molar-refractivity contribution >= 4 is 38.2 Å². The average Bonchev–Trinajstić information content (AvgIpc) is 2.54. The highest BCUT2D eigenvalue weighted by atomic mass is 32.2. The Morgan fingerprint density at radius 2 is 1.72 bits per heavy atom. The van der Waals surface area contributed by atoms with Crippen molar-refractivity contribution in [1.82, 2.24) is 0 Å². The first-order valence-electron chi connectivity index (χ1n) is 7.16. The van der Waals surface area contributed by atoms with Crippen LogP contribution < -0.4 is 11.1 Å². The molecule has 0 unspecified atom stereocenters. The molecule has 7 nitrogen and oxygen atoms in total. The maximum Gasteiger partial charge on any atom is 0.295 e. The highest BCUT2D eigenvalue weighted by molar-refractivity contribution is 7.86. The maximum atomic E-state index is 12.4. The Bertz CT molecular complexity index is 1090. The third-order valence-electron chi connectivity index (χ3n) is 3.62. The number of hydrogen-bond acceptors (Lipinski definition) is 5. The minimum atomic E-state index is -4.54. The van der Waals surface area contributed by atoms with E-state index in [0.717, 1.165) is 6.07 Å². The summed E-state index contributed by atoms with van der Waals surface area (Å²) < 4.78 is 32.4. The van der Waals surface area contributed by atoms with Crippen molar-refractivity contribution in [2.45, 2.75) is 4.90 Å². The van der Waals surface area contributed by atoms with E-state index in [4.69, 9.17) is 5.73 Å². The Hall–Kier alpha value is -3.10. The van der Waals surface area contributed by atoms with Crippen LogP contribution in [-0.2, 0) is 10.1 Å². The molecule has 25 heavy (non-hydrogen) atoms. The largest absolute Gasteiger partial charge is 0.508 e. The van der Waals surface area contributed by atoms with Crippen LogP contribution in [0.1, 0.15) is 10.4 Å². The van der Waals surface area contributed by atoms with Gasteiger partial charge in [0.2, 0.25) is 0 Å². The van der Waals surface area contributed by atoms with Crippen molar-refractivity contribution in [1.29, 1.82) is 0 Å². The molecule has 3 rings (SSSR count). The summed E-state index contributed by atoms with van der Waals surface area (Å²) in [6.45, 7) is 0. The Morgan fingerprint density at radius 1 is 1.00 bits per heavy atom. The fourth-order valence-electron chi connectivity index (χ4n) is 2.53. The molecule has 0 radical (unpaired) electrons. The number of amides is 1. The van der Waals surface area contributed by atoms with Gasteiger partial charge in [-0.2, -0.15) is 8.42 Å². The number of nitrogens with one attached hydrogen (secondary N) is 1. The van der Waals surface area contributed by atoms with Crippen LogP contribution in [0, 0.1) is 0 Å². The minimum Gasteiger partial charge on any atom is -0.508 e. The molecule has 0 atom stereocenters. The molecule has 0 aliphatic rings. The van der Waals surface area contributed by atoms with E-state index in [-0.39, 0.29) is 22.2 Å². The summed E-state index contributed by atoms with van der Waals surface area (Å²) in [6.07, 6.45) is 0. The number of carbonyl (C=O) groups excluding carboxylic acids is 1. The maximum absolute atomic E-state index is 12.4. The van der Waals surface area contributed by atoms with Crippen LogP contribution in [0.15, 0.2) is 59.5 Å². The quantitative estimate of drug-likeness (QED) is 0.421. The van der Waals surface area contributed by atoms with E-state index in [9.17, 15) is 22.9 Å². The summed E-state index contributed by atoms with van der Waals surface area (Å²) >= 11 is 0. The van der Waals surface area contributed by atoms with Crippen LogP contribution in [0.5, 0.6) is 5.75 Å². The number of phenols is 1. The van der Waals surface area contributed by atoms with E-state index in [2.05, 4.69) is 5.32 Å². The van der Waals surface area contributed by atoms with E-state index in [1.165, 1.54) is 24.3 Å². The first kappa shape index (κ1) is 16.7. The number of hydrogen-bond donors (Lipinski definition) is 4. The molecule has 0 aromatic heterocycles. The van der Waals surface area contributed by atoms with E-state index < -0.39 is 20.9 Å². The Kier molecular flexibility index (Phi) is 4.07. The molecule has 3 aromatic carbocycles. The number of fused-ring (bicyclic) bond motifs is 1. The summed E-state index contributed by atoms with van der Waals surface area (Å²) in [6, 6.07) is 13.2. The minimum absolute atomic E-state index is 0.172. The summed E-state index contributed by atoms with van der Waals surface area (Å²) in [4.78, 5) is 11.9. The predicted octanol–water partition coefficient (Wildman–Crippen LogP) is 2.63. The fraction of sp³-hybridized carbons (Fsp3) is 0. The lowest BCUT2D eigenvalue weighted by Gasteiger charge is -2.11. The lowest BCUT2D eigenvalue weighted by atomic mass is 10.1. The van der Waals surface area contributed by atoms with E-state index in [0.29, 0.717) is 11.3 Å². The van der Waals surface area contributed by atoms with Gasteiger partial charge in [-0.05, 0) is 30.3 Å². The smallest absolute Gasteiger partial charge is 0.295 e. The van der Waals surface area contributed by atoms with Crippen molar-refractivity contribution in [3.05, 3.63) is 60.2 Å². The van der Waals surface area contributed by atoms with E-state index in [1.54, 1.807) is 24.3 Å². The fourth-order valence-corrected chi connectivity index (χ4v) is 3.26. The monoisotopic (exact) mass is 358 g/mol. The SMILES string of the molecule is Nc1cccc(C(=O)Nc2cccc3c(S(=O)(=O)O)cc(O)cc23)c1. The lowest BCUT2D eigenvalue weighted by molar-refractivity contribution is 0.102. The van der Waals surface area contributed by atoms with Gasteiger partial charge in [-0.15, -0.1) is 0 Å². The lowest BCUT2D eigenvalue weighted by Crippen LogP contribution is -2.12. The van der Waals surface area contributed by atoms with Gasteiger partial charge >= 0.3 is 0 Å². The highest BCUT2D eigenvalue weighted by Crippen LogP contribution is 2.33.